The molecule has 0 saturated carbocycles. The van der Waals surface area contributed by atoms with Gasteiger partial charge < -0.3 is 24.7 Å². The Morgan fingerprint density at radius 2 is 1.31 bits per heavy atom. The first-order chi connectivity index (χ1) is 20.2. The van der Waals surface area contributed by atoms with Gasteiger partial charge in [0.25, 0.3) is 5.56 Å². The first kappa shape index (κ1) is 30.0. The van der Waals surface area contributed by atoms with Gasteiger partial charge >= 0.3 is 23.9 Å². The monoisotopic (exact) mass is 592 g/mol. The van der Waals surface area contributed by atoms with Crippen LogP contribution in [-0.4, -0.2) is 55.9 Å². The SMILES string of the molecule is CCOC(=O)C1=C(N)n2c(sc(=Cc3ccc(C(=O)OC)cc3)c2=O)=C(C(=O)OCC)C1c1ccc(C(=O)OC)cc1. The van der Waals surface area contributed by atoms with Crippen molar-refractivity contribution in [3.05, 3.63) is 95.9 Å². The van der Waals surface area contributed by atoms with Gasteiger partial charge in [-0.25, -0.2) is 19.2 Å². The Balaban J connectivity index is 2.02. The summed E-state index contributed by atoms with van der Waals surface area (Å²) in [6.07, 6.45) is 1.58. The Morgan fingerprint density at radius 1 is 0.810 bits per heavy atom. The highest BCUT2D eigenvalue weighted by molar-refractivity contribution is 7.07. The fraction of sp³-hybridized carbons (Fsp3) is 0.233. The summed E-state index contributed by atoms with van der Waals surface area (Å²) in [7, 11) is 2.53. The van der Waals surface area contributed by atoms with Crippen molar-refractivity contribution in [3.63, 3.8) is 0 Å². The summed E-state index contributed by atoms with van der Waals surface area (Å²) in [6.45, 7) is 3.31. The molecule has 1 unspecified atom stereocenters. The number of carbonyl (C=O) groups excluding carboxylic acids is 4. The Hall–Kier alpha value is -4.97. The van der Waals surface area contributed by atoms with Gasteiger partial charge in [0.05, 0.1) is 60.2 Å². The number of benzene rings is 2. The molecule has 218 valence electrons. The number of methoxy groups -OCH3 is 2. The van der Waals surface area contributed by atoms with Crippen LogP contribution in [0.4, 0.5) is 0 Å². The standard InChI is InChI=1S/C30H28N2O9S/c1-5-40-29(36)22-21(17-11-13-19(14-12-17)28(35)39-4)23(30(37)41-6-2)26-32(24(22)31)25(33)20(42-26)15-16-7-9-18(10-8-16)27(34)38-3/h7-15,21H,5-6,31H2,1-4H3. The van der Waals surface area contributed by atoms with Crippen LogP contribution in [0.25, 0.3) is 17.5 Å². The van der Waals surface area contributed by atoms with Crippen molar-refractivity contribution in [1.82, 2.24) is 4.57 Å². The number of rotatable bonds is 8. The van der Waals surface area contributed by atoms with E-state index in [0.717, 1.165) is 15.9 Å². The lowest BCUT2D eigenvalue weighted by Crippen LogP contribution is -2.42. The Bertz CT molecular complexity index is 1760. The molecule has 3 aromatic rings. The maximum Gasteiger partial charge on any atom is 0.338 e. The van der Waals surface area contributed by atoms with Crippen LogP contribution in [0.15, 0.2) is 58.9 Å². The van der Waals surface area contributed by atoms with Crippen LogP contribution in [0.2, 0.25) is 0 Å². The van der Waals surface area contributed by atoms with Crippen molar-refractivity contribution < 1.29 is 38.1 Å². The average molecular weight is 593 g/mol. The van der Waals surface area contributed by atoms with Gasteiger partial charge in [0, 0.05) is 0 Å². The Morgan fingerprint density at radius 3 is 1.81 bits per heavy atom. The van der Waals surface area contributed by atoms with E-state index in [1.165, 1.54) is 26.4 Å². The number of esters is 4. The molecule has 0 radical (unpaired) electrons. The van der Waals surface area contributed by atoms with E-state index in [1.807, 2.05) is 0 Å². The predicted octanol–water partition coefficient (Wildman–Crippen LogP) is 1.51. The van der Waals surface area contributed by atoms with Gasteiger partial charge in [-0.1, -0.05) is 24.3 Å². The maximum atomic E-state index is 13.7. The minimum absolute atomic E-state index is 0.0164. The molecule has 1 aliphatic rings. The van der Waals surface area contributed by atoms with Crippen LogP contribution in [-0.2, 0) is 28.5 Å². The fourth-order valence-electron chi connectivity index (χ4n) is 4.51. The van der Waals surface area contributed by atoms with Gasteiger partial charge in [-0.15, -0.1) is 11.3 Å². The molecule has 11 nitrogen and oxygen atoms in total. The number of nitrogens with two attached hydrogens (primary N) is 1. The van der Waals surface area contributed by atoms with Crippen molar-refractivity contribution in [2.75, 3.05) is 27.4 Å². The first-order valence-electron chi connectivity index (χ1n) is 12.8. The molecule has 2 aromatic carbocycles. The quantitative estimate of drug-likeness (QED) is 0.301. The number of hydrogen-bond acceptors (Lipinski definition) is 11. The summed E-state index contributed by atoms with van der Waals surface area (Å²) in [4.78, 5) is 64.3. The number of ether oxygens (including phenoxy) is 4. The lowest BCUT2D eigenvalue weighted by Gasteiger charge is -2.27. The van der Waals surface area contributed by atoms with E-state index in [2.05, 4.69) is 0 Å². The van der Waals surface area contributed by atoms with Gasteiger partial charge in [-0.3, -0.25) is 9.36 Å². The molecular weight excluding hydrogens is 564 g/mol. The second-order valence-electron chi connectivity index (χ2n) is 8.87. The van der Waals surface area contributed by atoms with Crippen LogP contribution >= 0.6 is 11.3 Å². The zero-order chi connectivity index (χ0) is 30.6. The lowest BCUT2D eigenvalue weighted by molar-refractivity contribution is -0.138. The maximum absolute atomic E-state index is 13.7. The topological polar surface area (TPSA) is 153 Å². The van der Waals surface area contributed by atoms with E-state index in [1.54, 1.807) is 56.3 Å². The van der Waals surface area contributed by atoms with Crippen molar-refractivity contribution in [1.29, 1.82) is 0 Å². The lowest BCUT2D eigenvalue weighted by atomic mass is 9.83. The van der Waals surface area contributed by atoms with Gasteiger partial charge in [-0.2, -0.15) is 0 Å². The zero-order valence-corrected chi connectivity index (χ0v) is 24.1. The number of fused-ring (bicyclic) bond motifs is 1. The molecule has 0 fully saturated rings. The van der Waals surface area contributed by atoms with Crippen LogP contribution in [0.1, 0.15) is 51.6 Å². The van der Waals surface area contributed by atoms with E-state index in [4.69, 9.17) is 24.7 Å². The van der Waals surface area contributed by atoms with E-state index in [-0.39, 0.29) is 44.9 Å². The van der Waals surface area contributed by atoms with Gasteiger partial charge in [-0.05, 0) is 55.3 Å². The van der Waals surface area contributed by atoms with E-state index < -0.39 is 35.4 Å². The minimum Gasteiger partial charge on any atom is -0.465 e. The van der Waals surface area contributed by atoms with Gasteiger partial charge in [0.1, 0.15) is 10.5 Å². The molecule has 12 heteroatoms. The third-order valence-corrected chi connectivity index (χ3v) is 7.54. The van der Waals surface area contributed by atoms with E-state index >= 15 is 0 Å². The summed E-state index contributed by atoms with van der Waals surface area (Å²) >= 11 is 1.00. The largest absolute Gasteiger partial charge is 0.465 e. The smallest absolute Gasteiger partial charge is 0.338 e. The highest BCUT2D eigenvalue weighted by Gasteiger charge is 2.40. The highest BCUT2D eigenvalue weighted by Crippen LogP contribution is 2.38. The number of aromatic nitrogens is 1. The fourth-order valence-corrected chi connectivity index (χ4v) is 5.68. The van der Waals surface area contributed by atoms with Crippen LogP contribution in [0.3, 0.4) is 0 Å². The molecule has 42 heavy (non-hydrogen) atoms. The minimum atomic E-state index is -1.07. The summed E-state index contributed by atoms with van der Waals surface area (Å²) in [5.74, 6) is -3.89. The highest BCUT2D eigenvalue weighted by atomic mass is 32.1. The third kappa shape index (κ3) is 5.61. The normalized spacial score (nSPS) is 14.7. The van der Waals surface area contributed by atoms with Crippen LogP contribution < -0.4 is 20.5 Å². The molecule has 1 aliphatic heterocycles. The second-order valence-corrected chi connectivity index (χ2v) is 9.90. The molecule has 2 N–H and O–H groups in total. The number of hydrogen-bond donors (Lipinski definition) is 1. The summed E-state index contributed by atoms with van der Waals surface area (Å²) in [6, 6.07) is 12.5. The molecule has 0 spiro atoms. The summed E-state index contributed by atoms with van der Waals surface area (Å²) < 4.78 is 21.7. The molecule has 4 rings (SSSR count). The van der Waals surface area contributed by atoms with Crippen LogP contribution in [0.5, 0.6) is 0 Å². The molecule has 2 heterocycles. The second kappa shape index (κ2) is 12.7. The van der Waals surface area contributed by atoms with Gasteiger partial charge in [0.15, 0.2) is 0 Å². The van der Waals surface area contributed by atoms with Crippen molar-refractivity contribution >= 4 is 52.7 Å². The molecule has 0 saturated heterocycles. The zero-order valence-electron chi connectivity index (χ0n) is 23.3. The van der Waals surface area contributed by atoms with Crippen molar-refractivity contribution in [2.45, 2.75) is 19.8 Å². The van der Waals surface area contributed by atoms with E-state index in [0.29, 0.717) is 16.7 Å². The predicted molar refractivity (Wildman–Crippen MR) is 154 cm³/mol. The summed E-state index contributed by atoms with van der Waals surface area (Å²) in [5.41, 5.74) is 7.47. The third-order valence-electron chi connectivity index (χ3n) is 6.43. The molecular formula is C30H28N2O9S. The van der Waals surface area contributed by atoms with Crippen LogP contribution in [0, 0.1) is 0 Å². The van der Waals surface area contributed by atoms with Crippen molar-refractivity contribution in [3.8, 4) is 0 Å². The first-order valence-corrected chi connectivity index (χ1v) is 13.7. The van der Waals surface area contributed by atoms with Crippen molar-refractivity contribution in [2.24, 2.45) is 5.73 Å². The summed E-state index contributed by atoms with van der Waals surface area (Å²) in [5, 5.41) is 0. The molecule has 1 atom stereocenters. The number of carbonyl (C=O) groups is 4. The van der Waals surface area contributed by atoms with Gasteiger partial charge in [0.2, 0.25) is 0 Å². The Kier molecular flexibility index (Phi) is 9.06. The molecule has 0 bridgehead atoms. The molecule has 0 aliphatic carbocycles. The molecule has 1 aromatic heterocycles. The number of thiazole rings is 1. The Labute approximate surface area is 244 Å². The average Bonchev–Trinajstić information content (AvgIpc) is 3.32. The number of nitrogens with zero attached hydrogens (tertiary/aromatic N) is 1. The molecule has 0 amide bonds. The van der Waals surface area contributed by atoms with E-state index in [9.17, 15) is 24.0 Å².